The fourth-order valence-corrected chi connectivity index (χ4v) is 4.60. The lowest BCUT2D eigenvalue weighted by Gasteiger charge is -2.36. The van der Waals surface area contributed by atoms with Crippen LogP contribution >= 0.6 is 11.8 Å². The van der Waals surface area contributed by atoms with Crippen molar-refractivity contribution in [1.82, 2.24) is 5.32 Å². The molecule has 0 spiro atoms. The van der Waals surface area contributed by atoms with Gasteiger partial charge in [-0.2, -0.15) is 0 Å². The average Bonchev–Trinajstić information content (AvgIpc) is 2.86. The van der Waals surface area contributed by atoms with Crippen molar-refractivity contribution in [2.75, 3.05) is 27.1 Å². The maximum atomic E-state index is 14.8. The van der Waals surface area contributed by atoms with E-state index in [2.05, 4.69) is 48.6 Å². The van der Waals surface area contributed by atoms with Crippen LogP contribution in [0.3, 0.4) is 0 Å². The lowest BCUT2D eigenvalue weighted by molar-refractivity contribution is -0.144. The highest BCUT2D eigenvalue weighted by molar-refractivity contribution is 7.99. The van der Waals surface area contributed by atoms with Crippen molar-refractivity contribution in [2.24, 2.45) is 0 Å². The van der Waals surface area contributed by atoms with Gasteiger partial charge >= 0.3 is 0 Å². The number of hydrogen-bond donors (Lipinski definition) is 1. The van der Waals surface area contributed by atoms with E-state index in [0.29, 0.717) is 25.6 Å². The number of nitrogens with one attached hydrogen (secondary N) is 1. The number of likely N-dealkylation sites (N-methyl/N-ethyl adjacent to an activating group) is 1. The van der Waals surface area contributed by atoms with E-state index in [1.54, 1.807) is 17.8 Å². The molecular formula is C28H32FNO3S. The van der Waals surface area contributed by atoms with E-state index in [1.165, 1.54) is 18.1 Å². The molecule has 0 aromatic heterocycles. The highest BCUT2D eigenvalue weighted by atomic mass is 32.2. The number of benzene rings is 3. The second kappa shape index (κ2) is 12.8. The number of aldehydes is 1. The fraction of sp³-hybridized carbons (Fsp3) is 0.321. The lowest BCUT2D eigenvalue weighted by Crippen LogP contribution is -2.54. The number of carbonyl (C=O) groups is 1. The highest BCUT2D eigenvalue weighted by Crippen LogP contribution is 2.32. The van der Waals surface area contributed by atoms with Crippen molar-refractivity contribution in [3.63, 3.8) is 0 Å². The Balaban J connectivity index is 0.00000103. The monoisotopic (exact) mass is 481 g/mol. The molecule has 1 aliphatic rings. The van der Waals surface area contributed by atoms with E-state index in [1.807, 2.05) is 31.3 Å². The molecule has 0 atom stereocenters. The molecule has 0 unspecified atom stereocenters. The van der Waals surface area contributed by atoms with Gasteiger partial charge in [0.15, 0.2) is 0 Å². The topological polar surface area (TPSA) is 47.6 Å². The molecule has 1 saturated heterocycles. The van der Waals surface area contributed by atoms with E-state index in [9.17, 15) is 4.39 Å². The maximum absolute atomic E-state index is 14.8. The molecule has 4 nitrogen and oxygen atoms in total. The first-order chi connectivity index (χ1) is 16.5. The minimum absolute atomic E-state index is 0.145. The highest BCUT2D eigenvalue weighted by Gasteiger charge is 2.31. The molecule has 4 rings (SSSR count). The molecule has 34 heavy (non-hydrogen) atoms. The molecule has 1 aliphatic heterocycles. The Morgan fingerprint density at radius 2 is 1.62 bits per heavy atom. The Morgan fingerprint density at radius 3 is 2.21 bits per heavy atom. The first-order valence-corrected chi connectivity index (χ1v) is 12.2. The predicted octanol–water partition coefficient (Wildman–Crippen LogP) is 6.05. The van der Waals surface area contributed by atoms with Crippen molar-refractivity contribution >= 4 is 18.0 Å². The minimum atomic E-state index is -0.199. The molecule has 0 aliphatic carbocycles. The van der Waals surface area contributed by atoms with Crippen molar-refractivity contribution in [3.8, 4) is 11.1 Å². The summed E-state index contributed by atoms with van der Waals surface area (Å²) < 4.78 is 25.8. The summed E-state index contributed by atoms with van der Waals surface area (Å²) >= 11 is 1.57. The lowest BCUT2D eigenvalue weighted by atomic mass is 9.92. The van der Waals surface area contributed by atoms with Crippen LogP contribution in [-0.4, -0.2) is 38.9 Å². The summed E-state index contributed by atoms with van der Waals surface area (Å²) in [7, 11) is 1.95. The summed E-state index contributed by atoms with van der Waals surface area (Å²) in [6.07, 6.45) is 2.57. The Morgan fingerprint density at radius 1 is 1.00 bits per heavy atom. The summed E-state index contributed by atoms with van der Waals surface area (Å²) in [5.41, 5.74) is 3.81. The quantitative estimate of drug-likeness (QED) is 0.416. The van der Waals surface area contributed by atoms with E-state index < -0.39 is 0 Å². The fourth-order valence-electron chi connectivity index (χ4n) is 3.76. The van der Waals surface area contributed by atoms with Crippen molar-refractivity contribution in [1.29, 1.82) is 0 Å². The minimum Gasteiger partial charge on any atom is -0.353 e. The van der Waals surface area contributed by atoms with Crippen LogP contribution in [0.4, 0.5) is 4.39 Å². The summed E-state index contributed by atoms with van der Waals surface area (Å²) in [4.78, 5) is 10.8. The van der Waals surface area contributed by atoms with Crippen LogP contribution in [0.1, 0.15) is 24.5 Å². The molecule has 1 fully saturated rings. The van der Waals surface area contributed by atoms with Crippen LogP contribution in [0.2, 0.25) is 0 Å². The van der Waals surface area contributed by atoms with Gasteiger partial charge in [-0.1, -0.05) is 59.8 Å². The van der Waals surface area contributed by atoms with E-state index in [4.69, 9.17) is 14.3 Å². The predicted molar refractivity (Wildman–Crippen MR) is 136 cm³/mol. The SMILES string of the molecule is CC=O.CNC1(CCc2ccc(-c3ccc(Sc4ccc(C)cc4)cc3F)cc2)COCOC1. The zero-order valence-electron chi connectivity index (χ0n) is 20.0. The number of rotatable bonds is 7. The molecule has 3 aromatic carbocycles. The van der Waals surface area contributed by atoms with Crippen LogP contribution in [0.25, 0.3) is 11.1 Å². The van der Waals surface area contributed by atoms with Crippen LogP contribution < -0.4 is 5.32 Å². The van der Waals surface area contributed by atoms with Crippen molar-refractivity contribution in [3.05, 3.63) is 83.7 Å². The number of ether oxygens (including phenoxy) is 2. The molecule has 0 radical (unpaired) electrons. The summed E-state index contributed by atoms with van der Waals surface area (Å²) in [5.74, 6) is -0.199. The molecule has 1 heterocycles. The number of hydrogen-bond acceptors (Lipinski definition) is 5. The summed E-state index contributed by atoms with van der Waals surface area (Å²) in [6.45, 7) is 5.18. The van der Waals surface area contributed by atoms with E-state index >= 15 is 0 Å². The van der Waals surface area contributed by atoms with Crippen molar-refractivity contribution in [2.45, 2.75) is 42.0 Å². The maximum Gasteiger partial charge on any atom is 0.146 e. The van der Waals surface area contributed by atoms with Gasteiger partial charge in [-0.05, 0) is 69.1 Å². The van der Waals surface area contributed by atoms with Gasteiger partial charge in [-0.25, -0.2) is 4.39 Å². The van der Waals surface area contributed by atoms with Gasteiger partial charge in [0.05, 0.1) is 18.8 Å². The molecule has 0 bridgehead atoms. The Bertz CT molecular complexity index is 1050. The Kier molecular flexibility index (Phi) is 9.84. The van der Waals surface area contributed by atoms with Crippen molar-refractivity contribution < 1.29 is 18.7 Å². The zero-order chi connectivity index (χ0) is 24.4. The van der Waals surface area contributed by atoms with Crippen LogP contribution in [0.15, 0.2) is 76.5 Å². The molecule has 0 saturated carbocycles. The number of aryl methyl sites for hydroxylation is 2. The van der Waals surface area contributed by atoms with Gasteiger partial charge in [0.25, 0.3) is 0 Å². The van der Waals surface area contributed by atoms with Gasteiger partial charge in [-0.15, -0.1) is 0 Å². The second-order valence-electron chi connectivity index (χ2n) is 8.33. The molecule has 180 valence electrons. The molecular weight excluding hydrogens is 449 g/mol. The summed E-state index contributed by atoms with van der Waals surface area (Å²) in [6, 6.07) is 21.9. The Hall–Kier alpha value is -2.51. The molecule has 1 N–H and O–H groups in total. The molecule has 0 amide bonds. The standard InChI is InChI=1S/C26H28FNO2S.C2H4O/c1-19-3-9-22(10-4-19)31-23-11-12-24(25(27)15-23)21-7-5-20(6-8-21)13-14-26(28-2)16-29-18-30-17-26;1-2-3/h3-12,15,28H,13-14,16-18H2,1-2H3;2H,1H3. The largest absolute Gasteiger partial charge is 0.353 e. The third-order valence-corrected chi connectivity index (χ3v) is 6.81. The summed E-state index contributed by atoms with van der Waals surface area (Å²) in [5, 5.41) is 3.36. The Labute approximate surface area is 205 Å². The average molecular weight is 482 g/mol. The molecule has 6 heteroatoms. The second-order valence-corrected chi connectivity index (χ2v) is 9.48. The zero-order valence-corrected chi connectivity index (χ0v) is 20.8. The van der Waals surface area contributed by atoms with Gasteiger partial charge in [0.1, 0.15) is 18.9 Å². The number of halogens is 1. The number of carbonyl (C=O) groups excluding carboxylic acids is 1. The van der Waals surface area contributed by atoms with Gasteiger partial charge < -0.3 is 19.6 Å². The third-order valence-electron chi connectivity index (χ3n) is 5.81. The van der Waals surface area contributed by atoms with Crippen LogP contribution in [0.5, 0.6) is 0 Å². The smallest absolute Gasteiger partial charge is 0.146 e. The van der Waals surface area contributed by atoms with E-state index in [0.717, 1.165) is 34.5 Å². The van der Waals surface area contributed by atoms with Gasteiger partial charge in [-0.3, -0.25) is 0 Å². The van der Waals surface area contributed by atoms with Crippen LogP contribution in [-0.2, 0) is 20.7 Å². The van der Waals surface area contributed by atoms with Gasteiger partial charge in [0, 0.05) is 15.4 Å². The molecule has 3 aromatic rings. The van der Waals surface area contributed by atoms with E-state index in [-0.39, 0.29) is 11.4 Å². The normalized spacial score (nSPS) is 14.7. The van der Waals surface area contributed by atoms with Crippen LogP contribution in [0, 0.1) is 12.7 Å². The first kappa shape index (κ1) is 26.1. The first-order valence-electron chi connectivity index (χ1n) is 11.4. The van der Waals surface area contributed by atoms with Gasteiger partial charge in [0.2, 0.25) is 0 Å². The third kappa shape index (κ3) is 7.24.